The van der Waals surface area contributed by atoms with Crippen LogP contribution >= 0.6 is 15.9 Å². The second kappa shape index (κ2) is 5.11. The molecule has 0 bridgehead atoms. The Hall–Kier alpha value is -1.94. The summed E-state index contributed by atoms with van der Waals surface area (Å²) in [5, 5.41) is 0.587. The summed E-state index contributed by atoms with van der Waals surface area (Å²) in [4.78, 5) is 12.5. The molecule has 1 heterocycles. The highest BCUT2D eigenvalue weighted by molar-refractivity contribution is 9.10. The van der Waals surface area contributed by atoms with Gasteiger partial charge >= 0.3 is 0 Å². The molecule has 0 aliphatic rings. The van der Waals surface area contributed by atoms with Crippen molar-refractivity contribution in [1.82, 2.24) is 0 Å². The molecule has 1 aromatic heterocycles. The van der Waals surface area contributed by atoms with Gasteiger partial charge in [-0.3, -0.25) is 4.79 Å². The Labute approximate surface area is 129 Å². The van der Waals surface area contributed by atoms with Crippen molar-refractivity contribution in [3.63, 3.8) is 0 Å². The molecule has 3 rings (SSSR count). The molecular weight excluding hydrogens is 335 g/mol. The molecule has 21 heavy (non-hydrogen) atoms. The number of fused-ring (bicyclic) bond motifs is 1. The van der Waals surface area contributed by atoms with Gasteiger partial charge in [0.15, 0.2) is 5.76 Å². The first kappa shape index (κ1) is 14.0. The Morgan fingerprint density at radius 3 is 2.43 bits per heavy atom. The van der Waals surface area contributed by atoms with Crippen LogP contribution in [0.3, 0.4) is 0 Å². The molecule has 0 unspecified atom stereocenters. The molecule has 2 nitrogen and oxygen atoms in total. The molecule has 0 aliphatic carbocycles. The molecule has 0 N–H and O–H groups in total. The third-order valence-corrected chi connectivity index (χ3v) is 4.65. The van der Waals surface area contributed by atoms with Gasteiger partial charge in [0.05, 0.1) is 0 Å². The van der Waals surface area contributed by atoms with Gasteiger partial charge < -0.3 is 4.42 Å². The van der Waals surface area contributed by atoms with E-state index in [1.807, 2.05) is 26.0 Å². The Morgan fingerprint density at radius 1 is 1.10 bits per heavy atom. The number of carbonyl (C=O) groups excluding carboxylic acids is 1. The summed E-state index contributed by atoms with van der Waals surface area (Å²) in [6, 6.07) is 9.40. The van der Waals surface area contributed by atoms with Crippen LogP contribution in [0, 0.1) is 19.7 Å². The monoisotopic (exact) mass is 346 g/mol. The number of rotatable bonds is 2. The molecule has 0 fully saturated rings. The number of halogens is 2. The fourth-order valence-corrected chi connectivity index (χ4v) is 2.57. The topological polar surface area (TPSA) is 30.2 Å². The standard InChI is InChI=1S/C17H12BrFO2/c1-9-5-12(6-10(2)16(9)18)17(20)15-8-11-7-13(19)3-4-14(11)21-15/h3-8H,1-2H3. The van der Waals surface area contributed by atoms with Crippen LogP contribution in [0.25, 0.3) is 11.0 Å². The zero-order valence-corrected chi connectivity index (χ0v) is 13.1. The number of furan rings is 1. The highest BCUT2D eigenvalue weighted by atomic mass is 79.9. The summed E-state index contributed by atoms with van der Waals surface area (Å²) in [6.45, 7) is 3.86. The van der Waals surface area contributed by atoms with Crippen molar-refractivity contribution in [1.29, 1.82) is 0 Å². The summed E-state index contributed by atoms with van der Waals surface area (Å²) in [5.41, 5.74) is 3.04. The minimum absolute atomic E-state index is 0.203. The molecule has 0 saturated heterocycles. The molecule has 0 saturated carbocycles. The normalized spacial score (nSPS) is 11.0. The van der Waals surface area contributed by atoms with Gasteiger partial charge in [-0.25, -0.2) is 4.39 Å². The Balaban J connectivity index is 2.08. The molecule has 0 aliphatic heterocycles. The van der Waals surface area contributed by atoms with Gasteiger partial charge in [0.2, 0.25) is 5.78 Å². The first-order valence-corrected chi connectivity index (χ1v) is 7.25. The fourth-order valence-electron chi connectivity index (χ4n) is 2.35. The SMILES string of the molecule is Cc1cc(C(=O)c2cc3cc(F)ccc3o2)cc(C)c1Br. The summed E-state index contributed by atoms with van der Waals surface area (Å²) in [7, 11) is 0. The molecule has 0 radical (unpaired) electrons. The van der Waals surface area contributed by atoms with Crippen LogP contribution in [0.4, 0.5) is 4.39 Å². The lowest BCUT2D eigenvalue weighted by Gasteiger charge is -2.05. The maximum Gasteiger partial charge on any atom is 0.228 e. The molecule has 106 valence electrons. The minimum atomic E-state index is -0.349. The third-order valence-electron chi connectivity index (χ3n) is 3.40. The zero-order chi connectivity index (χ0) is 15.1. The van der Waals surface area contributed by atoms with Crippen molar-refractivity contribution in [3.8, 4) is 0 Å². The largest absolute Gasteiger partial charge is 0.453 e. The van der Waals surface area contributed by atoms with E-state index in [2.05, 4.69) is 15.9 Å². The minimum Gasteiger partial charge on any atom is -0.453 e. The van der Waals surface area contributed by atoms with Crippen LogP contribution in [-0.4, -0.2) is 5.78 Å². The van der Waals surface area contributed by atoms with Crippen molar-refractivity contribution in [2.75, 3.05) is 0 Å². The quantitative estimate of drug-likeness (QED) is 0.598. The number of hydrogen-bond acceptors (Lipinski definition) is 2. The highest BCUT2D eigenvalue weighted by Crippen LogP contribution is 2.26. The highest BCUT2D eigenvalue weighted by Gasteiger charge is 2.16. The Bertz CT molecular complexity index is 841. The van der Waals surface area contributed by atoms with Gasteiger partial charge in [0.25, 0.3) is 0 Å². The Kier molecular flexibility index (Phi) is 3.41. The summed E-state index contributed by atoms with van der Waals surface area (Å²) in [5.74, 6) is -0.334. The molecule has 3 aromatic rings. The number of carbonyl (C=O) groups is 1. The lowest BCUT2D eigenvalue weighted by molar-refractivity contribution is 0.101. The number of hydrogen-bond donors (Lipinski definition) is 0. The first-order valence-electron chi connectivity index (χ1n) is 6.46. The van der Waals surface area contributed by atoms with Crippen molar-refractivity contribution in [2.45, 2.75) is 13.8 Å². The first-order chi connectivity index (χ1) is 9.95. The van der Waals surface area contributed by atoms with Gasteiger partial charge in [0, 0.05) is 15.4 Å². The predicted octanol–water partition coefficient (Wildman–Crippen LogP) is 5.18. The fraction of sp³-hybridized carbons (Fsp3) is 0.118. The lowest BCUT2D eigenvalue weighted by atomic mass is 10.0. The number of ketones is 1. The number of benzene rings is 2. The van der Waals surface area contributed by atoms with E-state index in [1.54, 1.807) is 6.07 Å². The average Bonchev–Trinajstić information content (AvgIpc) is 2.86. The molecule has 2 aromatic carbocycles. The summed E-state index contributed by atoms with van der Waals surface area (Å²) < 4.78 is 19.7. The van der Waals surface area contributed by atoms with Crippen LogP contribution in [-0.2, 0) is 0 Å². The van der Waals surface area contributed by atoms with Gasteiger partial charge in [-0.2, -0.15) is 0 Å². The molecular formula is C17H12BrFO2. The van der Waals surface area contributed by atoms with Crippen molar-refractivity contribution in [3.05, 3.63) is 69.1 Å². The maximum absolute atomic E-state index is 13.2. The second-order valence-corrected chi connectivity index (χ2v) is 5.84. The van der Waals surface area contributed by atoms with E-state index in [-0.39, 0.29) is 17.4 Å². The Morgan fingerprint density at radius 2 is 1.76 bits per heavy atom. The summed E-state index contributed by atoms with van der Waals surface area (Å²) >= 11 is 3.48. The molecule has 4 heteroatoms. The van der Waals surface area contributed by atoms with Crippen LogP contribution in [0.2, 0.25) is 0 Å². The van der Waals surface area contributed by atoms with Crippen molar-refractivity contribution >= 4 is 32.7 Å². The molecule has 0 spiro atoms. The van der Waals surface area contributed by atoms with E-state index in [1.165, 1.54) is 18.2 Å². The summed E-state index contributed by atoms with van der Waals surface area (Å²) in [6.07, 6.45) is 0. The van der Waals surface area contributed by atoms with E-state index in [0.29, 0.717) is 16.5 Å². The zero-order valence-electron chi connectivity index (χ0n) is 11.5. The van der Waals surface area contributed by atoms with Crippen LogP contribution in [0.15, 0.2) is 45.3 Å². The third kappa shape index (κ3) is 2.51. The van der Waals surface area contributed by atoms with E-state index >= 15 is 0 Å². The van der Waals surface area contributed by atoms with Crippen LogP contribution < -0.4 is 0 Å². The smallest absolute Gasteiger partial charge is 0.228 e. The maximum atomic E-state index is 13.2. The van der Waals surface area contributed by atoms with Crippen LogP contribution in [0.1, 0.15) is 27.2 Å². The van der Waals surface area contributed by atoms with Gasteiger partial charge in [0.1, 0.15) is 11.4 Å². The van der Waals surface area contributed by atoms with Gasteiger partial charge in [-0.05, 0) is 61.4 Å². The van der Waals surface area contributed by atoms with Crippen molar-refractivity contribution < 1.29 is 13.6 Å². The molecule has 0 amide bonds. The van der Waals surface area contributed by atoms with E-state index < -0.39 is 0 Å². The van der Waals surface area contributed by atoms with E-state index in [9.17, 15) is 9.18 Å². The van der Waals surface area contributed by atoms with E-state index in [0.717, 1.165) is 15.6 Å². The van der Waals surface area contributed by atoms with Gasteiger partial charge in [-0.1, -0.05) is 15.9 Å². The average molecular weight is 347 g/mol. The second-order valence-electron chi connectivity index (χ2n) is 5.05. The van der Waals surface area contributed by atoms with Crippen molar-refractivity contribution in [2.24, 2.45) is 0 Å². The predicted molar refractivity (Wildman–Crippen MR) is 83.2 cm³/mol. The lowest BCUT2D eigenvalue weighted by Crippen LogP contribution is -2.01. The van der Waals surface area contributed by atoms with E-state index in [4.69, 9.17) is 4.42 Å². The van der Waals surface area contributed by atoms with Gasteiger partial charge in [-0.15, -0.1) is 0 Å². The number of aryl methyl sites for hydroxylation is 2. The molecule has 0 atom stereocenters. The van der Waals surface area contributed by atoms with Crippen LogP contribution in [0.5, 0.6) is 0 Å².